The molecule has 0 N–H and O–H groups in total. The van der Waals surface area contributed by atoms with Crippen molar-refractivity contribution >= 4 is 23.0 Å². The highest BCUT2D eigenvalue weighted by atomic mass is 15.2. The average Bonchev–Trinajstić information content (AvgIpc) is 2.52. The number of aliphatic imine (C=N–C) groups is 2. The summed E-state index contributed by atoms with van der Waals surface area (Å²) < 4.78 is 0. The SMILES string of the molecule is CN1CCCCC1=Nc1cccc(N=C2CCCCN2C)c1. The number of benzene rings is 1. The Balaban J connectivity index is 1.80. The Morgan fingerprint density at radius 1 is 0.773 bits per heavy atom. The second-order valence-corrected chi connectivity index (χ2v) is 6.33. The summed E-state index contributed by atoms with van der Waals surface area (Å²) in [5.41, 5.74) is 2.04. The lowest BCUT2D eigenvalue weighted by atomic mass is 10.1. The number of piperidine rings is 2. The second-order valence-electron chi connectivity index (χ2n) is 6.33. The van der Waals surface area contributed by atoms with Gasteiger partial charge in [0, 0.05) is 40.0 Å². The largest absolute Gasteiger partial charge is 0.363 e. The summed E-state index contributed by atoms with van der Waals surface area (Å²) in [6, 6.07) is 8.31. The van der Waals surface area contributed by atoms with Gasteiger partial charge in [-0.25, -0.2) is 9.98 Å². The van der Waals surface area contributed by atoms with Crippen molar-refractivity contribution in [2.24, 2.45) is 9.98 Å². The van der Waals surface area contributed by atoms with E-state index in [-0.39, 0.29) is 0 Å². The Kier molecular flexibility index (Phi) is 4.76. The zero-order valence-corrected chi connectivity index (χ0v) is 13.8. The average molecular weight is 298 g/mol. The molecular formula is C18H26N4. The van der Waals surface area contributed by atoms with Crippen LogP contribution in [-0.2, 0) is 0 Å². The molecule has 0 amide bonds. The Bertz CT molecular complexity index is 529. The highest BCUT2D eigenvalue weighted by molar-refractivity contribution is 5.87. The van der Waals surface area contributed by atoms with Crippen LogP contribution >= 0.6 is 0 Å². The molecule has 0 aliphatic carbocycles. The van der Waals surface area contributed by atoms with E-state index in [4.69, 9.17) is 9.98 Å². The van der Waals surface area contributed by atoms with Crippen molar-refractivity contribution < 1.29 is 0 Å². The Hall–Kier alpha value is -1.84. The fourth-order valence-electron chi connectivity index (χ4n) is 3.12. The molecule has 0 bridgehead atoms. The topological polar surface area (TPSA) is 31.2 Å². The van der Waals surface area contributed by atoms with Gasteiger partial charge in [0.2, 0.25) is 0 Å². The summed E-state index contributed by atoms with van der Waals surface area (Å²) in [4.78, 5) is 14.2. The summed E-state index contributed by atoms with van der Waals surface area (Å²) in [6.45, 7) is 2.23. The first kappa shape index (κ1) is 15.1. The molecule has 0 atom stereocenters. The quantitative estimate of drug-likeness (QED) is 0.827. The van der Waals surface area contributed by atoms with E-state index in [9.17, 15) is 0 Å². The maximum Gasteiger partial charge on any atom is 0.105 e. The van der Waals surface area contributed by atoms with E-state index in [0.29, 0.717) is 0 Å². The van der Waals surface area contributed by atoms with Gasteiger partial charge < -0.3 is 9.80 Å². The van der Waals surface area contributed by atoms with Crippen molar-refractivity contribution in [1.82, 2.24) is 9.80 Å². The first-order chi connectivity index (χ1) is 10.7. The van der Waals surface area contributed by atoms with Crippen LogP contribution in [0.4, 0.5) is 11.4 Å². The molecule has 2 fully saturated rings. The molecule has 0 radical (unpaired) electrons. The van der Waals surface area contributed by atoms with Crippen LogP contribution in [0.2, 0.25) is 0 Å². The van der Waals surface area contributed by atoms with Crippen molar-refractivity contribution in [3.8, 4) is 0 Å². The molecule has 0 spiro atoms. The van der Waals surface area contributed by atoms with Crippen LogP contribution in [0.5, 0.6) is 0 Å². The molecule has 2 saturated heterocycles. The fraction of sp³-hybridized carbons (Fsp3) is 0.556. The van der Waals surface area contributed by atoms with Crippen LogP contribution in [-0.4, -0.2) is 48.7 Å². The second kappa shape index (κ2) is 6.95. The van der Waals surface area contributed by atoms with Crippen molar-refractivity contribution in [3.05, 3.63) is 24.3 Å². The van der Waals surface area contributed by atoms with Gasteiger partial charge in [0.15, 0.2) is 0 Å². The van der Waals surface area contributed by atoms with Crippen LogP contribution in [0.25, 0.3) is 0 Å². The van der Waals surface area contributed by atoms with E-state index < -0.39 is 0 Å². The highest BCUT2D eigenvalue weighted by Crippen LogP contribution is 2.24. The van der Waals surface area contributed by atoms with E-state index in [0.717, 1.165) is 37.3 Å². The minimum Gasteiger partial charge on any atom is -0.363 e. The third-order valence-corrected chi connectivity index (χ3v) is 4.52. The first-order valence-electron chi connectivity index (χ1n) is 8.40. The Morgan fingerprint density at radius 3 is 1.73 bits per heavy atom. The van der Waals surface area contributed by atoms with Gasteiger partial charge in [-0.15, -0.1) is 0 Å². The summed E-state index contributed by atoms with van der Waals surface area (Å²) >= 11 is 0. The van der Waals surface area contributed by atoms with Gasteiger partial charge in [-0.05, 0) is 43.9 Å². The van der Waals surface area contributed by atoms with Crippen molar-refractivity contribution in [3.63, 3.8) is 0 Å². The monoisotopic (exact) mass is 298 g/mol. The molecule has 1 aromatic carbocycles. The molecule has 0 unspecified atom stereocenters. The number of hydrogen-bond acceptors (Lipinski definition) is 2. The zero-order chi connectivity index (χ0) is 15.4. The summed E-state index contributed by atoms with van der Waals surface area (Å²) in [5, 5.41) is 0. The fourth-order valence-corrected chi connectivity index (χ4v) is 3.12. The lowest BCUT2D eigenvalue weighted by molar-refractivity contribution is 0.434. The van der Waals surface area contributed by atoms with Gasteiger partial charge in [0.1, 0.15) is 11.7 Å². The molecule has 4 nitrogen and oxygen atoms in total. The van der Waals surface area contributed by atoms with Crippen molar-refractivity contribution in [2.75, 3.05) is 27.2 Å². The van der Waals surface area contributed by atoms with E-state index >= 15 is 0 Å². The normalized spacial score (nSPS) is 23.4. The van der Waals surface area contributed by atoms with Gasteiger partial charge in [-0.3, -0.25) is 0 Å². The molecule has 3 rings (SSSR count). The van der Waals surface area contributed by atoms with Gasteiger partial charge in [0.05, 0.1) is 11.4 Å². The minimum absolute atomic E-state index is 1.02. The summed E-state index contributed by atoms with van der Waals surface area (Å²) in [5.74, 6) is 2.40. The smallest absolute Gasteiger partial charge is 0.105 e. The molecule has 0 aromatic heterocycles. The number of hydrogen-bond donors (Lipinski definition) is 0. The standard InChI is InChI=1S/C18H26N4/c1-21-12-5-3-10-17(21)19-15-8-7-9-16(14-15)20-18-11-4-6-13-22(18)2/h7-9,14H,3-6,10-13H2,1-2H3. The predicted octanol–water partition coefficient (Wildman–Crippen LogP) is 3.98. The van der Waals surface area contributed by atoms with Gasteiger partial charge >= 0.3 is 0 Å². The van der Waals surface area contributed by atoms with Crippen molar-refractivity contribution in [1.29, 1.82) is 0 Å². The molecule has 4 heteroatoms. The Morgan fingerprint density at radius 2 is 1.27 bits per heavy atom. The van der Waals surface area contributed by atoms with Crippen molar-refractivity contribution in [2.45, 2.75) is 38.5 Å². The number of rotatable bonds is 2. The third-order valence-electron chi connectivity index (χ3n) is 4.52. The summed E-state index contributed by atoms with van der Waals surface area (Å²) in [6.07, 6.45) is 7.20. The lowest BCUT2D eigenvalue weighted by Crippen LogP contribution is -2.31. The first-order valence-corrected chi connectivity index (χ1v) is 8.40. The van der Waals surface area contributed by atoms with Crippen LogP contribution in [0.1, 0.15) is 38.5 Å². The van der Waals surface area contributed by atoms with E-state index in [1.807, 2.05) is 0 Å². The van der Waals surface area contributed by atoms with E-state index in [1.165, 1.54) is 37.4 Å². The van der Waals surface area contributed by atoms with Gasteiger partial charge in [-0.2, -0.15) is 0 Å². The van der Waals surface area contributed by atoms with Gasteiger partial charge in [0.25, 0.3) is 0 Å². The van der Waals surface area contributed by atoms with E-state index in [2.05, 4.69) is 48.2 Å². The van der Waals surface area contributed by atoms with Crippen LogP contribution in [0, 0.1) is 0 Å². The molecule has 0 saturated carbocycles. The maximum absolute atomic E-state index is 4.83. The lowest BCUT2D eigenvalue weighted by Gasteiger charge is -2.26. The molecular weight excluding hydrogens is 272 g/mol. The van der Waals surface area contributed by atoms with E-state index in [1.54, 1.807) is 0 Å². The number of amidine groups is 2. The molecule has 22 heavy (non-hydrogen) atoms. The highest BCUT2D eigenvalue weighted by Gasteiger charge is 2.13. The zero-order valence-electron chi connectivity index (χ0n) is 13.8. The molecule has 1 aromatic rings. The van der Waals surface area contributed by atoms with Crippen LogP contribution < -0.4 is 0 Å². The Labute approximate surface area is 133 Å². The van der Waals surface area contributed by atoms with Crippen LogP contribution in [0.3, 0.4) is 0 Å². The predicted molar refractivity (Wildman–Crippen MR) is 93.6 cm³/mol. The molecule has 2 heterocycles. The molecule has 118 valence electrons. The summed E-state index contributed by atoms with van der Waals surface area (Å²) in [7, 11) is 4.28. The third kappa shape index (κ3) is 3.67. The van der Waals surface area contributed by atoms with Gasteiger partial charge in [-0.1, -0.05) is 6.07 Å². The number of nitrogens with zero attached hydrogens (tertiary/aromatic N) is 4. The minimum atomic E-state index is 1.02. The number of likely N-dealkylation sites (tertiary alicyclic amines) is 2. The molecule has 2 aliphatic rings. The maximum atomic E-state index is 4.83. The molecule has 2 aliphatic heterocycles. The van der Waals surface area contributed by atoms with Crippen LogP contribution in [0.15, 0.2) is 34.3 Å².